The van der Waals surface area contributed by atoms with Gasteiger partial charge >= 0.3 is 0 Å². The van der Waals surface area contributed by atoms with E-state index in [1.165, 1.54) is 0 Å². The SMILES string of the molecule is C[C@@]1([O])C[C@@H]2O[C@@H]2C[C@@H]1O. The van der Waals surface area contributed by atoms with Crippen LogP contribution in [-0.2, 0) is 9.84 Å². The zero-order valence-electron chi connectivity index (χ0n) is 5.91. The van der Waals surface area contributed by atoms with Crippen molar-refractivity contribution >= 4 is 0 Å². The van der Waals surface area contributed by atoms with Crippen molar-refractivity contribution in [3.05, 3.63) is 0 Å². The summed E-state index contributed by atoms with van der Waals surface area (Å²) >= 11 is 0. The van der Waals surface area contributed by atoms with Gasteiger partial charge in [0.25, 0.3) is 0 Å². The molecule has 0 bridgehead atoms. The minimum Gasteiger partial charge on any atom is -0.390 e. The zero-order chi connectivity index (χ0) is 7.35. The van der Waals surface area contributed by atoms with E-state index in [1.807, 2.05) is 0 Å². The Morgan fingerprint density at radius 3 is 2.90 bits per heavy atom. The number of rotatable bonds is 0. The van der Waals surface area contributed by atoms with Crippen molar-refractivity contribution in [1.82, 2.24) is 0 Å². The summed E-state index contributed by atoms with van der Waals surface area (Å²) in [4.78, 5) is 0. The number of aliphatic hydroxyl groups excluding tert-OH is 1. The first-order valence-corrected chi connectivity index (χ1v) is 3.63. The molecule has 0 amide bonds. The van der Waals surface area contributed by atoms with E-state index in [-0.39, 0.29) is 12.2 Å². The quantitative estimate of drug-likeness (QED) is 0.489. The van der Waals surface area contributed by atoms with Crippen molar-refractivity contribution in [2.45, 2.75) is 43.7 Å². The molecule has 0 aromatic heterocycles. The van der Waals surface area contributed by atoms with Crippen molar-refractivity contribution in [2.75, 3.05) is 0 Å². The summed E-state index contributed by atoms with van der Waals surface area (Å²) in [6, 6.07) is 0. The number of epoxide rings is 1. The fraction of sp³-hybridized carbons (Fsp3) is 1.00. The molecule has 10 heavy (non-hydrogen) atoms. The number of hydrogen-bond acceptors (Lipinski definition) is 2. The van der Waals surface area contributed by atoms with E-state index < -0.39 is 11.7 Å². The summed E-state index contributed by atoms with van der Waals surface area (Å²) in [5.41, 5.74) is -1.17. The Labute approximate surface area is 59.6 Å². The van der Waals surface area contributed by atoms with Crippen molar-refractivity contribution < 1.29 is 14.9 Å². The van der Waals surface area contributed by atoms with Gasteiger partial charge in [-0.3, -0.25) is 0 Å². The minimum absolute atomic E-state index is 0.158. The predicted molar refractivity (Wildman–Crippen MR) is 33.0 cm³/mol. The molecule has 2 rings (SSSR count). The van der Waals surface area contributed by atoms with Crippen molar-refractivity contribution in [2.24, 2.45) is 0 Å². The average molecular weight is 143 g/mol. The van der Waals surface area contributed by atoms with E-state index in [2.05, 4.69) is 0 Å². The zero-order valence-corrected chi connectivity index (χ0v) is 5.91. The second-order valence-electron chi connectivity index (χ2n) is 3.48. The maximum atomic E-state index is 11.4. The largest absolute Gasteiger partial charge is 0.390 e. The molecule has 1 heterocycles. The van der Waals surface area contributed by atoms with Gasteiger partial charge < -0.3 is 9.84 Å². The third kappa shape index (κ3) is 0.856. The van der Waals surface area contributed by atoms with Crippen LogP contribution in [0.25, 0.3) is 0 Å². The van der Waals surface area contributed by atoms with Gasteiger partial charge in [-0.2, -0.15) is 0 Å². The Balaban J connectivity index is 2.08. The molecule has 3 nitrogen and oxygen atoms in total. The van der Waals surface area contributed by atoms with E-state index in [1.54, 1.807) is 6.92 Å². The van der Waals surface area contributed by atoms with Gasteiger partial charge in [-0.15, -0.1) is 0 Å². The van der Waals surface area contributed by atoms with E-state index in [9.17, 15) is 10.2 Å². The van der Waals surface area contributed by atoms with E-state index in [0.717, 1.165) is 0 Å². The highest BCUT2D eigenvalue weighted by Crippen LogP contribution is 2.41. The van der Waals surface area contributed by atoms with Crippen LogP contribution in [0.15, 0.2) is 0 Å². The maximum Gasteiger partial charge on any atom is 0.129 e. The van der Waals surface area contributed by atoms with Gasteiger partial charge in [-0.05, 0) is 6.92 Å². The average Bonchev–Trinajstić information content (AvgIpc) is 2.44. The van der Waals surface area contributed by atoms with Gasteiger partial charge in [0, 0.05) is 12.8 Å². The normalized spacial score (nSPS) is 59.7. The van der Waals surface area contributed by atoms with E-state index in [0.29, 0.717) is 12.8 Å². The van der Waals surface area contributed by atoms with Crippen LogP contribution in [0.5, 0.6) is 0 Å². The van der Waals surface area contributed by atoms with Gasteiger partial charge in [0.05, 0.1) is 18.3 Å². The fourth-order valence-electron chi connectivity index (χ4n) is 1.57. The van der Waals surface area contributed by atoms with Crippen LogP contribution in [0.4, 0.5) is 0 Å². The Kier molecular flexibility index (Phi) is 1.14. The third-order valence-corrected chi connectivity index (χ3v) is 2.45. The molecule has 1 aliphatic carbocycles. The van der Waals surface area contributed by atoms with Crippen LogP contribution >= 0.6 is 0 Å². The first-order chi connectivity index (χ1) is 4.59. The molecule has 0 aromatic carbocycles. The summed E-state index contributed by atoms with van der Waals surface area (Å²) in [5, 5.41) is 20.6. The topological polar surface area (TPSA) is 52.7 Å². The predicted octanol–water partition coefficient (Wildman–Crippen LogP) is 0.0977. The number of aliphatic hydroxyl groups is 1. The molecule has 0 aromatic rings. The molecule has 1 radical (unpaired) electrons. The lowest BCUT2D eigenvalue weighted by atomic mass is 9.84. The Morgan fingerprint density at radius 2 is 2.30 bits per heavy atom. The Bertz CT molecular complexity index is 155. The molecular weight excluding hydrogens is 132 g/mol. The van der Waals surface area contributed by atoms with Crippen molar-refractivity contribution in [1.29, 1.82) is 0 Å². The fourth-order valence-corrected chi connectivity index (χ4v) is 1.57. The van der Waals surface area contributed by atoms with Gasteiger partial charge in [0.15, 0.2) is 0 Å². The highest BCUT2D eigenvalue weighted by Gasteiger charge is 2.53. The molecule has 1 aliphatic heterocycles. The summed E-state index contributed by atoms with van der Waals surface area (Å²) in [6.07, 6.45) is 0.642. The van der Waals surface area contributed by atoms with Crippen LogP contribution in [0, 0.1) is 0 Å². The van der Waals surface area contributed by atoms with Crippen LogP contribution in [0.1, 0.15) is 19.8 Å². The van der Waals surface area contributed by atoms with E-state index in [4.69, 9.17) is 4.74 Å². The molecule has 0 unspecified atom stereocenters. The first kappa shape index (κ1) is 6.58. The number of hydrogen-bond donors (Lipinski definition) is 1. The van der Waals surface area contributed by atoms with Crippen molar-refractivity contribution in [3.8, 4) is 0 Å². The van der Waals surface area contributed by atoms with Gasteiger partial charge in [-0.1, -0.05) is 0 Å². The van der Waals surface area contributed by atoms with Crippen LogP contribution in [0.3, 0.4) is 0 Å². The molecular formula is C7H11O3. The third-order valence-electron chi connectivity index (χ3n) is 2.45. The van der Waals surface area contributed by atoms with Crippen LogP contribution in [-0.4, -0.2) is 29.0 Å². The molecule has 1 saturated heterocycles. The number of fused-ring (bicyclic) bond motifs is 1. The number of ether oxygens (including phenoxy) is 1. The second-order valence-corrected chi connectivity index (χ2v) is 3.48. The summed E-state index contributed by atoms with van der Waals surface area (Å²) in [5.74, 6) is 0. The van der Waals surface area contributed by atoms with Crippen LogP contribution < -0.4 is 0 Å². The van der Waals surface area contributed by atoms with Gasteiger partial charge in [0.2, 0.25) is 0 Å². The monoisotopic (exact) mass is 143 g/mol. The molecule has 4 atom stereocenters. The van der Waals surface area contributed by atoms with Gasteiger partial charge in [-0.25, -0.2) is 5.11 Å². The minimum atomic E-state index is -1.17. The Morgan fingerprint density at radius 1 is 1.60 bits per heavy atom. The molecule has 1 N–H and O–H groups in total. The Hall–Kier alpha value is -0.120. The summed E-state index contributed by atoms with van der Waals surface area (Å²) in [6.45, 7) is 1.55. The second kappa shape index (κ2) is 1.72. The molecule has 57 valence electrons. The summed E-state index contributed by atoms with van der Waals surface area (Å²) in [7, 11) is 0. The van der Waals surface area contributed by atoms with Crippen molar-refractivity contribution in [3.63, 3.8) is 0 Å². The molecule has 1 saturated carbocycles. The maximum absolute atomic E-state index is 11.4. The first-order valence-electron chi connectivity index (χ1n) is 3.63. The lowest BCUT2D eigenvalue weighted by Gasteiger charge is -2.28. The highest BCUT2D eigenvalue weighted by atomic mass is 16.6. The van der Waals surface area contributed by atoms with E-state index >= 15 is 0 Å². The highest BCUT2D eigenvalue weighted by molar-refractivity contribution is 5.01. The summed E-state index contributed by atoms with van der Waals surface area (Å²) < 4.78 is 5.12. The van der Waals surface area contributed by atoms with Crippen LogP contribution in [0.2, 0.25) is 0 Å². The standard InChI is InChI=1S/C7H11O3/c1-7(9)3-5-4(10-5)2-6(7)8/h4-6,8H,2-3H2,1H3/t4-,5+,6+,7-/m1/s1. The smallest absolute Gasteiger partial charge is 0.129 e. The van der Waals surface area contributed by atoms with Gasteiger partial charge in [0.1, 0.15) is 5.60 Å². The lowest BCUT2D eigenvalue weighted by molar-refractivity contribution is -0.122. The molecule has 0 spiro atoms. The molecule has 2 fully saturated rings. The lowest BCUT2D eigenvalue weighted by Crippen LogP contribution is -2.43. The molecule has 2 aliphatic rings. The molecule has 3 heteroatoms.